The van der Waals surface area contributed by atoms with E-state index in [4.69, 9.17) is 4.74 Å². The Morgan fingerprint density at radius 1 is 1.56 bits per heavy atom. The van der Waals surface area contributed by atoms with E-state index in [1.165, 1.54) is 6.92 Å². The molecule has 7 heteroatoms. The maximum absolute atomic E-state index is 13.5. The molecule has 96 valence electrons. The minimum absolute atomic E-state index is 0.00151. The summed E-state index contributed by atoms with van der Waals surface area (Å²) < 4.78 is 18.9. The van der Waals surface area contributed by atoms with E-state index in [1.54, 1.807) is 0 Å². The summed E-state index contributed by atoms with van der Waals surface area (Å²) in [4.78, 5) is 20.8. The standard InChI is InChI=1S/C11H11FN2O4/c1-6(15)13-9-5-10(14(16)17)8(12)4-11(9)18-7-2-3-7/h4-5,7H,2-3H2,1H3,(H,13,15). The molecule has 1 saturated carbocycles. The average molecular weight is 254 g/mol. The van der Waals surface area contributed by atoms with Gasteiger partial charge in [0.05, 0.1) is 16.7 Å². The Balaban J connectivity index is 2.38. The highest BCUT2D eigenvalue weighted by Crippen LogP contribution is 2.36. The second-order valence-corrected chi connectivity index (χ2v) is 4.06. The molecular weight excluding hydrogens is 243 g/mol. The molecule has 0 heterocycles. The molecule has 1 aromatic carbocycles. The lowest BCUT2D eigenvalue weighted by Gasteiger charge is -2.11. The number of benzene rings is 1. The molecule has 1 aromatic rings. The molecule has 1 fully saturated rings. The topological polar surface area (TPSA) is 81.5 Å². The van der Waals surface area contributed by atoms with Crippen molar-refractivity contribution in [3.63, 3.8) is 0 Å². The van der Waals surface area contributed by atoms with Gasteiger partial charge < -0.3 is 10.1 Å². The summed E-state index contributed by atoms with van der Waals surface area (Å²) >= 11 is 0. The molecule has 2 rings (SSSR count). The molecule has 1 aliphatic rings. The second-order valence-electron chi connectivity index (χ2n) is 4.06. The number of hydrogen-bond donors (Lipinski definition) is 1. The lowest BCUT2D eigenvalue weighted by molar-refractivity contribution is -0.387. The Hall–Kier alpha value is -2.18. The van der Waals surface area contributed by atoms with Gasteiger partial charge in [0.2, 0.25) is 11.7 Å². The Kier molecular flexibility index (Phi) is 3.14. The number of hydrogen-bond acceptors (Lipinski definition) is 4. The van der Waals surface area contributed by atoms with Crippen molar-refractivity contribution in [1.82, 2.24) is 0 Å². The van der Waals surface area contributed by atoms with E-state index in [0.717, 1.165) is 25.0 Å². The molecule has 6 nitrogen and oxygen atoms in total. The van der Waals surface area contributed by atoms with E-state index in [-0.39, 0.29) is 17.5 Å². The zero-order valence-electron chi connectivity index (χ0n) is 9.60. The minimum atomic E-state index is -0.982. The van der Waals surface area contributed by atoms with Crippen molar-refractivity contribution in [3.8, 4) is 5.75 Å². The number of nitrogens with zero attached hydrogens (tertiary/aromatic N) is 1. The molecule has 0 atom stereocenters. The van der Waals surface area contributed by atoms with Crippen LogP contribution in [0.1, 0.15) is 19.8 Å². The zero-order valence-corrected chi connectivity index (χ0v) is 9.60. The SMILES string of the molecule is CC(=O)Nc1cc([N+](=O)[O-])c(F)cc1OC1CC1. The van der Waals surface area contributed by atoms with Gasteiger partial charge >= 0.3 is 5.69 Å². The van der Waals surface area contributed by atoms with Crippen LogP contribution in [0.3, 0.4) is 0 Å². The lowest BCUT2D eigenvalue weighted by Crippen LogP contribution is -2.09. The fraction of sp³-hybridized carbons (Fsp3) is 0.364. The number of amides is 1. The average Bonchev–Trinajstić information content (AvgIpc) is 3.04. The second kappa shape index (κ2) is 4.59. The van der Waals surface area contributed by atoms with Crippen LogP contribution >= 0.6 is 0 Å². The van der Waals surface area contributed by atoms with Crippen LogP contribution in [0.25, 0.3) is 0 Å². The third-order valence-corrected chi connectivity index (χ3v) is 2.37. The maximum atomic E-state index is 13.5. The van der Waals surface area contributed by atoms with Crippen LogP contribution in [-0.2, 0) is 4.79 Å². The number of rotatable bonds is 4. The number of carbonyl (C=O) groups excluding carboxylic acids is 1. The van der Waals surface area contributed by atoms with Crippen LogP contribution in [-0.4, -0.2) is 16.9 Å². The Morgan fingerprint density at radius 2 is 2.22 bits per heavy atom. The molecule has 1 N–H and O–H groups in total. The monoisotopic (exact) mass is 254 g/mol. The van der Waals surface area contributed by atoms with Crippen molar-refractivity contribution in [2.24, 2.45) is 0 Å². The van der Waals surface area contributed by atoms with Crippen LogP contribution in [0.15, 0.2) is 12.1 Å². The summed E-state index contributed by atoms with van der Waals surface area (Å²) in [7, 11) is 0. The highest BCUT2D eigenvalue weighted by Gasteiger charge is 2.27. The van der Waals surface area contributed by atoms with E-state index in [2.05, 4.69) is 5.32 Å². The summed E-state index contributed by atoms with van der Waals surface area (Å²) in [5.74, 6) is -1.27. The first-order valence-corrected chi connectivity index (χ1v) is 5.39. The van der Waals surface area contributed by atoms with E-state index < -0.39 is 22.3 Å². The molecule has 0 bridgehead atoms. The Labute approximate surface area is 102 Å². The quantitative estimate of drug-likeness (QED) is 0.659. The van der Waals surface area contributed by atoms with Crippen LogP contribution in [0.5, 0.6) is 5.75 Å². The van der Waals surface area contributed by atoms with Crippen molar-refractivity contribution >= 4 is 17.3 Å². The molecule has 1 aliphatic carbocycles. The van der Waals surface area contributed by atoms with Gasteiger partial charge in [-0.2, -0.15) is 4.39 Å². The normalized spacial score (nSPS) is 14.1. The molecule has 18 heavy (non-hydrogen) atoms. The van der Waals surface area contributed by atoms with Crippen LogP contribution in [0.2, 0.25) is 0 Å². The van der Waals surface area contributed by atoms with E-state index >= 15 is 0 Å². The van der Waals surface area contributed by atoms with E-state index in [0.29, 0.717) is 0 Å². The van der Waals surface area contributed by atoms with Crippen molar-refractivity contribution < 1.29 is 18.8 Å². The third kappa shape index (κ3) is 2.73. The van der Waals surface area contributed by atoms with Crippen molar-refractivity contribution in [3.05, 3.63) is 28.1 Å². The summed E-state index contributed by atoms with van der Waals surface area (Å²) in [5, 5.41) is 13.0. The van der Waals surface area contributed by atoms with Gasteiger partial charge in [-0.15, -0.1) is 0 Å². The molecular formula is C11H11FN2O4. The molecule has 0 spiro atoms. The number of ether oxygens (including phenoxy) is 1. The van der Waals surface area contributed by atoms with E-state index in [1.807, 2.05) is 0 Å². The zero-order chi connectivity index (χ0) is 13.3. The van der Waals surface area contributed by atoms with E-state index in [9.17, 15) is 19.3 Å². The Morgan fingerprint density at radius 3 is 2.72 bits per heavy atom. The number of nitro benzene ring substituents is 1. The van der Waals surface area contributed by atoms with Gasteiger partial charge in [0.1, 0.15) is 5.75 Å². The van der Waals surface area contributed by atoms with Crippen LogP contribution in [0.4, 0.5) is 15.8 Å². The smallest absolute Gasteiger partial charge is 0.307 e. The lowest BCUT2D eigenvalue weighted by atomic mass is 10.2. The largest absolute Gasteiger partial charge is 0.488 e. The number of halogens is 1. The van der Waals surface area contributed by atoms with Gasteiger partial charge in [0, 0.05) is 19.1 Å². The van der Waals surface area contributed by atoms with Gasteiger partial charge in [0.25, 0.3) is 0 Å². The summed E-state index contributed by atoms with van der Waals surface area (Å²) in [6.07, 6.45) is 1.72. The number of carbonyl (C=O) groups is 1. The molecule has 1 amide bonds. The first kappa shape index (κ1) is 12.3. The number of nitro groups is 1. The summed E-state index contributed by atoms with van der Waals surface area (Å²) in [5.41, 5.74) is -0.579. The third-order valence-electron chi connectivity index (χ3n) is 2.37. The molecule has 0 radical (unpaired) electrons. The molecule has 0 aliphatic heterocycles. The van der Waals surface area contributed by atoms with Gasteiger partial charge in [-0.05, 0) is 12.8 Å². The van der Waals surface area contributed by atoms with Gasteiger partial charge in [-0.3, -0.25) is 14.9 Å². The predicted molar refractivity (Wildman–Crippen MR) is 61.0 cm³/mol. The summed E-state index contributed by atoms with van der Waals surface area (Å²) in [6, 6.07) is 1.90. The number of anilines is 1. The Bertz CT molecular complexity index is 514. The van der Waals surface area contributed by atoms with Gasteiger partial charge in [0.15, 0.2) is 0 Å². The van der Waals surface area contributed by atoms with Crippen LogP contribution < -0.4 is 10.1 Å². The number of nitrogens with one attached hydrogen (secondary N) is 1. The predicted octanol–water partition coefficient (Wildman–Crippen LogP) is 2.23. The molecule has 0 saturated heterocycles. The fourth-order valence-corrected chi connectivity index (χ4v) is 1.43. The molecule has 0 unspecified atom stereocenters. The highest BCUT2D eigenvalue weighted by atomic mass is 19.1. The first-order chi connectivity index (χ1) is 8.47. The maximum Gasteiger partial charge on any atom is 0.307 e. The minimum Gasteiger partial charge on any atom is -0.488 e. The van der Waals surface area contributed by atoms with Crippen molar-refractivity contribution in [2.45, 2.75) is 25.9 Å². The summed E-state index contributed by atoms with van der Waals surface area (Å²) in [6.45, 7) is 1.26. The first-order valence-electron chi connectivity index (χ1n) is 5.39. The van der Waals surface area contributed by atoms with Crippen molar-refractivity contribution in [1.29, 1.82) is 0 Å². The molecule has 0 aromatic heterocycles. The van der Waals surface area contributed by atoms with Crippen molar-refractivity contribution in [2.75, 3.05) is 5.32 Å². The van der Waals surface area contributed by atoms with Crippen LogP contribution in [0, 0.1) is 15.9 Å². The van der Waals surface area contributed by atoms with Gasteiger partial charge in [-0.1, -0.05) is 0 Å². The fourth-order valence-electron chi connectivity index (χ4n) is 1.43. The highest BCUT2D eigenvalue weighted by molar-refractivity contribution is 5.91. The van der Waals surface area contributed by atoms with Gasteiger partial charge in [-0.25, -0.2) is 0 Å².